The Morgan fingerprint density at radius 3 is 2.47 bits per heavy atom. The molecule has 0 aromatic heterocycles. The Labute approximate surface area is 178 Å². The number of rotatable bonds is 7. The zero-order chi connectivity index (χ0) is 21.7. The molecule has 0 aliphatic rings. The van der Waals surface area contributed by atoms with Gasteiger partial charge in [-0.05, 0) is 67.6 Å². The Morgan fingerprint density at radius 2 is 1.80 bits per heavy atom. The molecule has 0 atom stereocenters. The molecule has 30 heavy (non-hydrogen) atoms. The summed E-state index contributed by atoms with van der Waals surface area (Å²) < 4.78 is 46.4. The molecule has 0 aliphatic carbocycles. The van der Waals surface area contributed by atoms with Crippen LogP contribution in [0.5, 0.6) is 5.75 Å². The van der Waals surface area contributed by atoms with Crippen molar-refractivity contribution in [2.24, 2.45) is 0 Å². The minimum Gasteiger partial charge on any atom is -0.492 e. The van der Waals surface area contributed by atoms with Crippen molar-refractivity contribution in [1.82, 2.24) is 0 Å². The number of hydrogen-bond acceptors (Lipinski definition) is 4. The van der Waals surface area contributed by atoms with Crippen molar-refractivity contribution in [2.75, 3.05) is 16.6 Å². The van der Waals surface area contributed by atoms with Gasteiger partial charge in [-0.1, -0.05) is 17.7 Å². The first-order chi connectivity index (χ1) is 14.3. The summed E-state index contributed by atoms with van der Waals surface area (Å²) in [6, 6.07) is 15.4. The molecule has 0 spiro atoms. The van der Waals surface area contributed by atoms with Gasteiger partial charge in [0.2, 0.25) is 0 Å². The zero-order valence-electron chi connectivity index (χ0n) is 15.9. The topological polar surface area (TPSA) is 84.5 Å². The second-order valence-corrected chi connectivity index (χ2v) is 8.29. The Balaban J connectivity index is 1.91. The van der Waals surface area contributed by atoms with Gasteiger partial charge in [0.1, 0.15) is 11.6 Å². The van der Waals surface area contributed by atoms with Crippen molar-refractivity contribution in [1.29, 1.82) is 0 Å². The summed E-state index contributed by atoms with van der Waals surface area (Å²) in [6.07, 6.45) is 0. The third-order valence-electron chi connectivity index (χ3n) is 3.99. The molecule has 0 radical (unpaired) electrons. The number of carbonyl (C=O) groups excluding carboxylic acids is 1. The van der Waals surface area contributed by atoms with Crippen molar-refractivity contribution in [3.63, 3.8) is 0 Å². The third-order valence-corrected chi connectivity index (χ3v) is 5.61. The first kappa shape index (κ1) is 21.6. The SMILES string of the molecule is CCOc1ccc(S(=O)(=O)Nc2ccc(F)cc2)cc1NC(=O)c1cccc(Cl)c1. The molecule has 3 aromatic carbocycles. The second-order valence-electron chi connectivity index (χ2n) is 6.17. The van der Waals surface area contributed by atoms with E-state index in [0.29, 0.717) is 22.9 Å². The van der Waals surface area contributed by atoms with E-state index in [1.807, 2.05) is 0 Å². The molecule has 3 aromatic rings. The van der Waals surface area contributed by atoms with Gasteiger partial charge in [0.05, 0.1) is 17.2 Å². The van der Waals surface area contributed by atoms with Crippen molar-refractivity contribution in [2.45, 2.75) is 11.8 Å². The fourth-order valence-corrected chi connectivity index (χ4v) is 3.89. The Morgan fingerprint density at radius 1 is 1.07 bits per heavy atom. The molecule has 0 aliphatic heterocycles. The Hall–Kier alpha value is -3.10. The van der Waals surface area contributed by atoms with Gasteiger partial charge in [0, 0.05) is 16.3 Å². The van der Waals surface area contributed by atoms with Crippen LogP contribution in [0.1, 0.15) is 17.3 Å². The molecule has 1 amide bonds. The van der Waals surface area contributed by atoms with Gasteiger partial charge < -0.3 is 10.1 Å². The molecule has 3 rings (SSSR count). The first-order valence-corrected chi connectivity index (χ1v) is 10.8. The first-order valence-electron chi connectivity index (χ1n) is 8.90. The fraction of sp³-hybridized carbons (Fsp3) is 0.0952. The molecule has 0 bridgehead atoms. The third kappa shape index (κ3) is 5.28. The molecule has 0 heterocycles. The molecule has 0 fully saturated rings. The van der Waals surface area contributed by atoms with Gasteiger partial charge in [-0.15, -0.1) is 0 Å². The Kier molecular flexibility index (Phi) is 6.59. The fourth-order valence-electron chi connectivity index (χ4n) is 2.61. The average Bonchev–Trinajstić information content (AvgIpc) is 2.71. The molecule has 9 heteroatoms. The minimum absolute atomic E-state index is 0.100. The second kappa shape index (κ2) is 9.15. The maximum atomic E-state index is 13.1. The minimum atomic E-state index is -3.99. The van der Waals surface area contributed by atoms with Gasteiger partial charge in [0.15, 0.2) is 0 Å². The molecular weight excluding hydrogens is 431 g/mol. The number of sulfonamides is 1. The Bertz CT molecular complexity index is 1170. The summed E-state index contributed by atoms with van der Waals surface area (Å²) in [7, 11) is -3.99. The number of anilines is 2. The predicted molar refractivity (Wildman–Crippen MR) is 114 cm³/mol. The van der Waals surface area contributed by atoms with Crippen LogP contribution in [0.2, 0.25) is 5.02 Å². The molecule has 6 nitrogen and oxygen atoms in total. The number of ether oxygens (including phenoxy) is 1. The number of carbonyl (C=O) groups is 1. The van der Waals surface area contributed by atoms with Gasteiger partial charge in [-0.3, -0.25) is 9.52 Å². The van der Waals surface area contributed by atoms with Crippen molar-refractivity contribution in [3.8, 4) is 5.75 Å². The lowest BCUT2D eigenvalue weighted by molar-refractivity contribution is 0.102. The number of nitrogens with one attached hydrogen (secondary N) is 2. The molecule has 156 valence electrons. The predicted octanol–water partition coefficient (Wildman–Crippen LogP) is 4.93. The molecule has 0 saturated carbocycles. The van der Waals surface area contributed by atoms with E-state index in [1.54, 1.807) is 25.1 Å². The van der Waals surface area contributed by atoms with E-state index < -0.39 is 21.7 Å². The lowest BCUT2D eigenvalue weighted by Crippen LogP contribution is -2.16. The van der Waals surface area contributed by atoms with E-state index in [0.717, 1.165) is 12.1 Å². The van der Waals surface area contributed by atoms with Crippen molar-refractivity contribution in [3.05, 3.63) is 83.1 Å². The summed E-state index contributed by atoms with van der Waals surface area (Å²) in [5.74, 6) is -0.641. The maximum absolute atomic E-state index is 13.1. The number of amides is 1. The van der Waals surface area contributed by atoms with E-state index in [9.17, 15) is 17.6 Å². The van der Waals surface area contributed by atoms with Gasteiger partial charge in [-0.25, -0.2) is 12.8 Å². The van der Waals surface area contributed by atoms with Crippen LogP contribution in [0.25, 0.3) is 0 Å². The van der Waals surface area contributed by atoms with Crippen LogP contribution in [0.3, 0.4) is 0 Å². The highest BCUT2D eigenvalue weighted by atomic mass is 35.5. The molecule has 2 N–H and O–H groups in total. The van der Waals surface area contributed by atoms with E-state index in [2.05, 4.69) is 10.0 Å². The van der Waals surface area contributed by atoms with Crippen LogP contribution in [-0.4, -0.2) is 20.9 Å². The lowest BCUT2D eigenvalue weighted by Gasteiger charge is -2.14. The van der Waals surface area contributed by atoms with Gasteiger partial charge >= 0.3 is 0 Å². The average molecular weight is 449 g/mol. The summed E-state index contributed by atoms with van der Waals surface area (Å²) in [5, 5.41) is 3.05. The monoisotopic (exact) mass is 448 g/mol. The van der Waals surface area contributed by atoms with Crippen LogP contribution >= 0.6 is 11.6 Å². The molecule has 0 saturated heterocycles. The zero-order valence-corrected chi connectivity index (χ0v) is 17.4. The molecule has 0 unspecified atom stereocenters. The van der Waals surface area contributed by atoms with Gasteiger partial charge in [-0.2, -0.15) is 0 Å². The maximum Gasteiger partial charge on any atom is 0.261 e. The summed E-state index contributed by atoms with van der Waals surface area (Å²) in [6.45, 7) is 2.09. The number of hydrogen-bond donors (Lipinski definition) is 2. The van der Waals surface area contributed by atoms with E-state index in [4.69, 9.17) is 16.3 Å². The van der Waals surface area contributed by atoms with Crippen molar-refractivity contribution < 1.29 is 22.3 Å². The highest BCUT2D eigenvalue weighted by Crippen LogP contribution is 2.29. The largest absolute Gasteiger partial charge is 0.492 e. The highest BCUT2D eigenvalue weighted by molar-refractivity contribution is 7.92. The van der Waals surface area contributed by atoms with E-state index in [1.165, 1.54) is 36.4 Å². The standard InChI is InChI=1S/C21H18ClFN2O4S/c1-2-29-20-11-10-18(30(27,28)25-17-8-6-16(23)7-9-17)13-19(20)24-21(26)14-4-3-5-15(22)12-14/h3-13,25H,2H2,1H3,(H,24,26). The highest BCUT2D eigenvalue weighted by Gasteiger charge is 2.19. The lowest BCUT2D eigenvalue weighted by atomic mass is 10.2. The van der Waals surface area contributed by atoms with Crippen LogP contribution < -0.4 is 14.8 Å². The summed E-state index contributed by atoms with van der Waals surface area (Å²) >= 11 is 5.93. The van der Waals surface area contributed by atoms with Crippen LogP contribution in [-0.2, 0) is 10.0 Å². The van der Waals surface area contributed by atoms with Crippen molar-refractivity contribution >= 4 is 38.9 Å². The number of benzene rings is 3. The number of halogens is 2. The van der Waals surface area contributed by atoms with Crippen LogP contribution in [0.15, 0.2) is 71.6 Å². The summed E-state index contributed by atoms with van der Waals surface area (Å²) in [4.78, 5) is 12.5. The van der Waals surface area contributed by atoms with Gasteiger partial charge in [0.25, 0.3) is 15.9 Å². The van der Waals surface area contributed by atoms with Crippen LogP contribution in [0.4, 0.5) is 15.8 Å². The van der Waals surface area contributed by atoms with E-state index in [-0.39, 0.29) is 16.3 Å². The quantitative estimate of drug-likeness (QED) is 0.536. The van der Waals surface area contributed by atoms with Crippen LogP contribution in [0, 0.1) is 5.82 Å². The molecular formula is C21H18ClFN2O4S. The normalized spacial score (nSPS) is 11.0. The summed E-state index contributed by atoms with van der Waals surface area (Å²) in [5.41, 5.74) is 0.696. The smallest absolute Gasteiger partial charge is 0.261 e. The van der Waals surface area contributed by atoms with E-state index >= 15 is 0 Å².